The molecule has 0 aliphatic heterocycles. The number of ether oxygens (including phenoxy) is 1. The molecule has 0 saturated heterocycles. The Balaban J connectivity index is 3.02. The molecule has 1 aromatic rings. The molecule has 0 atom stereocenters. The second-order valence-electron chi connectivity index (χ2n) is 5.52. The van der Waals surface area contributed by atoms with Crippen LogP contribution >= 0.6 is 0 Å². The van der Waals surface area contributed by atoms with Crippen molar-refractivity contribution >= 4 is 5.97 Å². The van der Waals surface area contributed by atoms with E-state index in [1.807, 2.05) is 11.5 Å². The van der Waals surface area contributed by atoms with Gasteiger partial charge in [-0.15, -0.1) is 10.2 Å². The van der Waals surface area contributed by atoms with Crippen molar-refractivity contribution in [1.29, 1.82) is 0 Å². The highest BCUT2D eigenvalue weighted by atomic mass is 16.5. The van der Waals surface area contributed by atoms with E-state index in [9.17, 15) is 4.79 Å². The number of carbonyl (C=O) groups excluding carboxylic acids is 1. The second kappa shape index (κ2) is 5.50. The molecule has 0 bridgehead atoms. The molecule has 0 aliphatic carbocycles. The summed E-state index contributed by atoms with van der Waals surface area (Å²) in [7, 11) is 0. The minimum Gasteiger partial charge on any atom is -0.460 e. The average molecular weight is 253 g/mol. The van der Waals surface area contributed by atoms with Crippen LogP contribution in [-0.4, -0.2) is 27.3 Å². The van der Waals surface area contributed by atoms with E-state index >= 15 is 0 Å². The van der Waals surface area contributed by atoms with E-state index in [1.54, 1.807) is 6.92 Å². The van der Waals surface area contributed by atoms with Gasteiger partial charge in [0.25, 0.3) is 0 Å². The summed E-state index contributed by atoms with van der Waals surface area (Å²) in [5.74, 6) is 1.13. The van der Waals surface area contributed by atoms with E-state index in [0.29, 0.717) is 24.9 Å². The molecule has 0 N–H and O–H groups in total. The number of esters is 1. The Kier molecular flexibility index (Phi) is 4.48. The van der Waals surface area contributed by atoms with Crippen LogP contribution in [0.1, 0.15) is 51.1 Å². The molecular weight excluding hydrogens is 230 g/mol. The Hall–Kier alpha value is -1.39. The fraction of sp³-hybridized carbons (Fsp3) is 0.769. The predicted octanol–water partition coefficient (Wildman–Crippen LogP) is 2.45. The molecule has 0 aliphatic rings. The van der Waals surface area contributed by atoms with Gasteiger partial charge >= 0.3 is 5.97 Å². The van der Waals surface area contributed by atoms with Crippen LogP contribution in [0, 0.1) is 18.3 Å². The zero-order valence-corrected chi connectivity index (χ0v) is 12.1. The zero-order valence-electron chi connectivity index (χ0n) is 12.1. The highest BCUT2D eigenvalue weighted by Gasteiger charge is 2.27. The molecule has 0 amide bonds. The number of carbonyl (C=O) groups is 1. The minimum absolute atomic E-state index is 0.0639. The maximum atomic E-state index is 11.8. The summed E-state index contributed by atoms with van der Waals surface area (Å²) in [5, 5.41) is 7.89. The van der Waals surface area contributed by atoms with Gasteiger partial charge in [-0.05, 0) is 25.2 Å². The molecule has 0 radical (unpaired) electrons. The first-order chi connectivity index (χ1) is 8.29. The molecular formula is C13H23N3O2. The lowest BCUT2D eigenvalue weighted by Gasteiger charge is -2.30. The molecule has 5 nitrogen and oxygen atoms in total. The molecule has 1 rings (SSSR count). The van der Waals surface area contributed by atoms with Crippen LogP contribution in [0.25, 0.3) is 0 Å². The molecule has 0 spiro atoms. The maximum absolute atomic E-state index is 11.8. The maximum Gasteiger partial charge on any atom is 0.376 e. The van der Waals surface area contributed by atoms with Crippen molar-refractivity contribution < 1.29 is 9.53 Å². The van der Waals surface area contributed by atoms with Gasteiger partial charge in [-0.1, -0.05) is 27.7 Å². The first kappa shape index (κ1) is 14.7. The zero-order chi connectivity index (χ0) is 13.9. The molecule has 5 heteroatoms. The number of aromatic nitrogens is 3. The lowest BCUT2D eigenvalue weighted by Crippen LogP contribution is -2.28. The van der Waals surface area contributed by atoms with Crippen molar-refractivity contribution in [2.24, 2.45) is 11.3 Å². The monoisotopic (exact) mass is 253 g/mol. The molecule has 0 fully saturated rings. The van der Waals surface area contributed by atoms with Crippen LogP contribution in [0.15, 0.2) is 0 Å². The fourth-order valence-electron chi connectivity index (χ4n) is 1.51. The molecule has 1 aromatic heterocycles. The van der Waals surface area contributed by atoms with E-state index in [4.69, 9.17) is 4.74 Å². The Morgan fingerprint density at radius 3 is 2.50 bits per heavy atom. The van der Waals surface area contributed by atoms with Crippen LogP contribution < -0.4 is 0 Å². The Labute approximate surface area is 109 Å². The number of hydrogen-bond donors (Lipinski definition) is 0. The van der Waals surface area contributed by atoms with E-state index in [1.165, 1.54) is 0 Å². The quantitative estimate of drug-likeness (QED) is 0.756. The van der Waals surface area contributed by atoms with Crippen LogP contribution in [0.5, 0.6) is 0 Å². The normalized spacial score (nSPS) is 11.9. The third-order valence-electron chi connectivity index (χ3n) is 3.52. The van der Waals surface area contributed by atoms with Crippen molar-refractivity contribution in [3.63, 3.8) is 0 Å². The van der Waals surface area contributed by atoms with Gasteiger partial charge in [0.15, 0.2) is 0 Å². The van der Waals surface area contributed by atoms with Gasteiger partial charge in [-0.3, -0.25) is 0 Å². The fourth-order valence-corrected chi connectivity index (χ4v) is 1.51. The lowest BCUT2D eigenvalue weighted by molar-refractivity contribution is 0.0500. The summed E-state index contributed by atoms with van der Waals surface area (Å²) in [6.07, 6.45) is 0. The van der Waals surface area contributed by atoms with Crippen LogP contribution in [-0.2, 0) is 11.3 Å². The average Bonchev–Trinajstić information content (AvgIpc) is 2.60. The van der Waals surface area contributed by atoms with E-state index in [-0.39, 0.29) is 5.41 Å². The van der Waals surface area contributed by atoms with Gasteiger partial charge in [0.2, 0.25) is 5.82 Å². The smallest absolute Gasteiger partial charge is 0.376 e. The van der Waals surface area contributed by atoms with Crippen molar-refractivity contribution in [1.82, 2.24) is 14.8 Å². The van der Waals surface area contributed by atoms with Crippen LogP contribution in [0.3, 0.4) is 0 Å². The Morgan fingerprint density at radius 2 is 2.00 bits per heavy atom. The van der Waals surface area contributed by atoms with Crippen LogP contribution in [0.2, 0.25) is 0 Å². The second-order valence-corrected chi connectivity index (χ2v) is 5.52. The van der Waals surface area contributed by atoms with Crippen LogP contribution in [0.4, 0.5) is 0 Å². The molecule has 0 unspecified atom stereocenters. The van der Waals surface area contributed by atoms with Crippen molar-refractivity contribution in [2.45, 2.75) is 48.1 Å². The topological polar surface area (TPSA) is 57.0 Å². The van der Waals surface area contributed by atoms with E-state index in [2.05, 4.69) is 37.9 Å². The predicted molar refractivity (Wildman–Crippen MR) is 69.3 cm³/mol. The number of aryl methyl sites for hydroxylation is 1. The van der Waals surface area contributed by atoms with Crippen molar-refractivity contribution in [3.8, 4) is 0 Å². The van der Waals surface area contributed by atoms with Gasteiger partial charge in [-0.25, -0.2) is 4.79 Å². The molecule has 1 heterocycles. The number of hydrogen-bond acceptors (Lipinski definition) is 4. The third kappa shape index (κ3) is 3.09. The first-order valence-electron chi connectivity index (χ1n) is 6.36. The molecule has 0 saturated carbocycles. The summed E-state index contributed by atoms with van der Waals surface area (Å²) in [6.45, 7) is 13.4. The third-order valence-corrected chi connectivity index (χ3v) is 3.52. The highest BCUT2D eigenvalue weighted by Crippen LogP contribution is 2.29. The minimum atomic E-state index is -0.405. The Bertz CT molecular complexity index is 422. The van der Waals surface area contributed by atoms with Gasteiger partial charge in [0, 0.05) is 6.54 Å². The lowest BCUT2D eigenvalue weighted by atomic mass is 9.81. The standard InChI is InChI=1S/C13H23N3O2/c1-7-18-12(17)11-15-14-10(4)16(11)8-13(5,6)9(2)3/h9H,7-8H2,1-6H3. The first-order valence-corrected chi connectivity index (χ1v) is 6.36. The largest absolute Gasteiger partial charge is 0.460 e. The summed E-state index contributed by atoms with van der Waals surface area (Å²) >= 11 is 0. The Morgan fingerprint density at radius 1 is 1.39 bits per heavy atom. The summed E-state index contributed by atoms with van der Waals surface area (Å²) in [5.41, 5.74) is 0.0639. The van der Waals surface area contributed by atoms with E-state index in [0.717, 1.165) is 5.82 Å². The number of rotatable bonds is 5. The van der Waals surface area contributed by atoms with Crippen molar-refractivity contribution in [3.05, 3.63) is 11.6 Å². The summed E-state index contributed by atoms with van der Waals surface area (Å²) in [4.78, 5) is 11.8. The van der Waals surface area contributed by atoms with Gasteiger partial charge < -0.3 is 9.30 Å². The molecule has 102 valence electrons. The summed E-state index contributed by atoms with van der Waals surface area (Å²) < 4.78 is 6.84. The summed E-state index contributed by atoms with van der Waals surface area (Å²) in [6, 6.07) is 0. The molecule has 18 heavy (non-hydrogen) atoms. The van der Waals surface area contributed by atoms with Gasteiger partial charge in [-0.2, -0.15) is 0 Å². The highest BCUT2D eigenvalue weighted by molar-refractivity contribution is 5.85. The molecule has 0 aromatic carbocycles. The van der Waals surface area contributed by atoms with Gasteiger partial charge in [0.1, 0.15) is 5.82 Å². The van der Waals surface area contributed by atoms with Crippen molar-refractivity contribution in [2.75, 3.05) is 6.61 Å². The SMILES string of the molecule is CCOC(=O)c1nnc(C)n1CC(C)(C)C(C)C. The van der Waals surface area contributed by atoms with E-state index < -0.39 is 5.97 Å². The number of nitrogens with zero attached hydrogens (tertiary/aromatic N) is 3. The van der Waals surface area contributed by atoms with Gasteiger partial charge in [0.05, 0.1) is 6.61 Å².